The average Bonchev–Trinajstić information content (AvgIpc) is 2.25. The fourth-order valence-corrected chi connectivity index (χ4v) is 1.51. The van der Waals surface area contributed by atoms with Crippen LogP contribution in [0.1, 0.15) is 0 Å². The zero-order valence-electron chi connectivity index (χ0n) is 8.03. The zero-order chi connectivity index (χ0) is 12.2. The standard InChI is InChI=1S/C8H10N2O5S/c9-10-7(11)8(16(12,13)14)15-6-4-2-1-3-5-6/h1-5,8H,9H2,(H,10,11)(H,12,13,14). The molecule has 0 aromatic heterocycles. The third-order valence-electron chi connectivity index (χ3n) is 1.61. The van der Waals surface area contributed by atoms with E-state index >= 15 is 0 Å². The number of hydrogen-bond donors (Lipinski definition) is 3. The molecule has 0 heterocycles. The molecule has 1 aromatic carbocycles. The quantitative estimate of drug-likeness (QED) is 0.279. The van der Waals surface area contributed by atoms with Crippen LogP contribution >= 0.6 is 0 Å². The van der Waals surface area contributed by atoms with Crippen LogP contribution in [0.15, 0.2) is 30.3 Å². The highest BCUT2D eigenvalue weighted by Gasteiger charge is 2.32. The van der Waals surface area contributed by atoms with Crippen molar-refractivity contribution in [2.45, 2.75) is 5.44 Å². The van der Waals surface area contributed by atoms with Crippen molar-refractivity contribution in [2.24, 2.45) is 5.84 Å². The number of rotatable bonds is 4. The second-order valence-corrected chi connectivity index (χ2v) is 4.24. The number of para-hydroxylation sites is 1. The molecule has 0 fully saturated rings. The fourth-order valence-electron chi connectivity index (χ4n) is 0.940. The second kappa shape index (κ2) is 4.92. The van der Waals surface area contributed by atoms with Gasteiger partial charge < -0.3 is 4.74 Å². The maximum atomic E-state index is 11.1. The highest BCUT2D eigenvalue weighted by atomic mass is 32.2. The smallest absolute Gasteiger partial charge is 0.313 e. The minimum atomic E-state index is -4.69. The van der Waals surface area contributed by atoms with Crippen molar-refractivity contribution in [3.05, 3.63) is 30.3 Å². The van der Waals surface area contributed by atoms with E-state index in [1.165, 1.54) is 12.1 Å². The Balaban J connectivity index is 2.93. The summed E-state index contributed by atoms with van der Waals surface area (Å²) >= 11 is 0. The molecule has 0 aliphatic carbocycles. The van der Waals surface area contributed by atoms with Crippen molar-refractivity contribution < 1.29 is 22.5 Å². The third kappa shape index (κ3) is 3.19. The van der Waals surface area contributed by atoms with Crippen LogP contribution < -0.4 is 16.0 Å². The molecule has 4 N–H and O–H groups in total. The summed E-state index contributed by atoms with van der Waals surface area (Å²) in [5.41, 5.74) is -0.495. The first-order valence-corrected chi connectivity index (χ1v) is 5.64. The van der Waals surface area contributed by atoms with Gasteiger partial charge in [-0.25, -0.2) is 5.84 Å². The molecule has 7 nitrogen and oxygen atoms in total. The molecule has 1 atom stereocenters. The van der Waals surface area contributed by atoms with Crippen LogP contribution in [0.25, 0.3) is 0 Å². The number of carbonyl (C=O) groups excluding carboxylic acids is 1. The highest BCUT2D eigenvalue weighted by Crippen LogP contribution is 2.13. The summed E-state index contributed by atoms with van der Waals surface area (Å²) in [6.45, 7) is 0. The van der Waals surface area contributed by atoms with Crippen molar-refractivity contribution in [3.63, 3.8) is 0 Å². The topological polar surface area (TPSA) is 119 Å². The van der Waals surface area contributed by atoms with E-state index in [4.69, 9.17) is 15.1 Å². The lowest BCUT2D eigenvalue weighted by atomic mass is 10.3. The lowest BCUT2D eigenvalue weighted by Gasteiger charge is -2.14. The van der Waals surface area contributed by atoms with E-state index in [9.17, 15) is 13.2 Å². The summed E-state index contributed by atoms with van der Waals surface area (Å²) in [6, 6.07) is 7.70. The molecule has 0 spiro atoms. The first-order valence-electron chi connectivity index (χ1n) is 4.13. The van der Waals surface area contributed by atoms with Crippen LogP contribution in [0.2, 0.25) is 0 Å². The van der Waals surface area contributed by atoms with Crippen LogP contribution in [-0.2, 0) is 14.9 Å². The van der Waals surface area contributed by atoms with E-state index in [0.717, 1.165) is 0 Å². The van der Waals surface area contributed by atoms with Gasteiger partial charge in [-0.15, -0.1) is 0 Å². The number of hydrazine groups is 1. The van der Waals surface area contributed by atoms with Gasteiger partial charge in [0.1, 0.15) is 5.75 Å². The molecule has 1 unspecified atom stereocenters. The van der Waals surface area contributed by atoms with Crippen molar-refractivity contribution in [2.75, 3.05) is 0 Å². The Labute approximate surface area is 91.9 Å². The Kier molecular flexibility index (Phi) is 3.82. The van der Waals surface area contributed by atoms with E-state index in [0.29, 0.717) is 0 Å². The van der Waals surface area contributed by atoms with Crippen LogP contribution in [0, 0.1) is 0 Å². The summed E-state index contributed by atoms with van der Waals surface area (Å²) in [5.74, 6) is 3.73. The van der Waals surface area contributed by atoms with Gasteiger partial charge >= 0.3 is 15.6 Å². The highest BCUT2D eigenvalue weighted by molar-refractivity contribution is 7.87. The van der Waals surface area contributed by atoms with E-state index in [1.54, 1.807) is 23.6 Å². The number of amides is 1. The molecule has 88 valence electrons. The van der Waals surface area contributed by atoms with E-state index in [-0.39, 0.29) is 5.75 Å². The lowest BCUT2D eigenvalue weighted by molar-refractivity contribution is -0.124. The van der Waals surface area contributed by atoms with E-state index < -0.39 is 21.5 Å². The molecule has 1 amide bonds. The molecule has 0 saturated carbocycles. The number of benzene rings is 1. The number of nitrogens with two attached hydrogens (primary N) is 1. The number of carbonyl (C=O) groups is 1. The number of nitrogens with one attached hydrogen (secondary N) is 1. The van der Waals surface area contributed by atoms with Gasteiger partial charge in [0.15, 0.2) is 0 Å². The second-order valence-electron chi connectivity index (χ2n) is 2.79. The zero-order valence-corrected chi connectivity index (χ0v) is 8.85. The van der Waals surface area contributed by atoms with Crippen LogP contribution in [0.3, 0.4) is 0 Å². The van der Waals surface area contributed by atoms with Crippen molar-refractivity contribution in [1.29, 1.82) is 0 Å². The summed E-state index contributed by atoms with van der Waals surface area (Å²) in [5, 5.41) is 0. The monoisotopic (exact) mass is 246 g/mol. The molecular weight excluding hydrogens is 236 g/mol. The number of hydrogen-bond acceptors (Lipinski definition) is 5. The Morgan fingerprint density at radius 3 is 2.38 bits per heavy atom. The van der Waals surface area contributed by atoms with Gasteiger partial charge in [0.2, 0.25) is 0 Å². The molecule has 0 aliphatic rings. The Morgan fingerprint density at radius 1 is 1.38 bits per heavy atom. The predicted molar refractivity (Wildman–Crippen MR) is 54.7 cm³/mol. The minimum Gasteiger partial charge on any atom is -0.462 e. The van der Waals surface area contributed by atoms with Gasteiger partial charge in [-0.3, -0.25) is 14.8 Å². The SMILES string of the molecule is NNC(=O)C(Oc1ccccc1)S(=O)(=O)O. The lowest BCUT2D eigenvalue weighted by Crippen LogP contribution is -2.46. The molecule has 16 heavy (non-hydrogen) atoms. The Morgan fingerprint density at radius 2 is 1.94 bits per heavy atom. The molecule has 8 heteroatoms. The number of ether oxygens (including phenoxy) is 1. The van der Waals surface area contributed by atoms with Crippen molar-refractivity contribution in [3.8, 4) is 5.75 Å². The normalized spacial score (nSPS) is 12.9. The van der Waals surface area contributed by atoms with Gasteiger partial charge in [0, 0.05) is 0 Å². The first-order chi connectivity index (χ1) is 7.45. The van der Waals surface area contributed by atoms with E-state index in [1.807, 2.05) is 0 Å². The fraction of sp³-hybridized carbons (Fsp3) is 0.125. The molecule has 0 radical (unpaired) electrons. The summed E-state index contributed by atoms with van der Waals surface area (Å²) < 4.78 is 35.3. The average molecular weight is 246 g/mol. The predicted octanol–water partition coefficient (Wildman–Crippen LogP) is -0.731. The molecule has 0 aliphatic heterocycles. The Hall–Kier alpha value is -1.64. The molecule has 0 saturated heterocycles. The van der Waals surface area contributed by atoms with Gasteiger partial charge in [-0.05, 0) is 12.1 Å². The molecule has 0 bridgehead atoms. The molecular formula is C8H10N2O5S. The van der Waals surface area contributed by atoms with Gasteiger partial charge in [0.25, 0.3) is 5.91 Å². The van der Waals surface area contributed by atoms with Gasteiger partial charge in [-0.2, -0.15) is 8.42 Å². The van der Waals surface area contributed by atoms with Crippen LogP contribution in [-0.4, -0.2) is 24.3 Å². The van der Waals surface area contributed by atoms with Crippen molar-refractivity contribution in [1.82, 2.24) is 5.43 Å². The van der Waals surface area contributed by atoms with Gasteiger partial charge in [0.05, 0.1) is 0 Å². The molecule has 1 aromatic rings. The third-order valence-corrected chi connectivity index (χ3v) is 2.46. The Bertz CT molecular complexity index is 459. The van der Waals surface area contributed by atoms with Crippen LogP contribution in [0.5, 0.6) is 5.75 Å². The first kappa shape index (κ1) is 12.4. The van der Waals surface area contributed by atoms with Gasteiger partial charge in [-0.1, -0.05) is 18.2 Å². The summed E-state index contributed by atoms with van der Waals surface area (Å²) in [4.78, 5) is 11.1. The van der Waals surface area contributed by atoms with Crippen LogP contribution in [0.4, 0.5) is 0 Å². The van der Waals surface area contributed by atoms with Crippen molar-refractivity contribution >= 4 is 16.0 Å². The summed E-state index contributed by atoms with van der Waals surface area (Å²) in [6.07, 6.45) is 0. The maximum Gasteiger partial charge on any atom is 0.313 e. The molecule has 1 rings (SSSR count). The maximum absolute atomic E-state index is 11.1. The van der Waals surface area contributed by atoms with E-state index in [2.05, 4.69) is 0 Å². The largest absolute Gasteiger partial charge is 0.462 e. The minimum absolute atomic E-state index is 0.119. The summed E-state index contributed by atoms with van der Waals surface area (Å²) in [7, 11) is -4.69.